The van der Waals surface area contributed by atoms with E-state index in [-0.39, 0.29) is 5.91 Å². The summed E-state index contributed by atoms with van der Waals surface area (Å²) in [6.07, 6.45) is 0. The van der Waals surface area contributed by atoms with Gasteiger partial charge in [-0.1, -0.05) is 60.1 Å². The quantitative estimate of drug-likeness (QED) is 0.370. The molecule has 35 heavy (non-hydrogen) atoms. The molecule has 1 aliphatic rings. The van der Waals surface area contributed by atoms with Crippen LogP contribution in [0, 0.1) is 0 Å². The summed E-state index contributed by atoms with van der Waals surface area (Å²) in [7, 11) is 3.42. The second kappa shape index (κ2) is 12.1. The van der Waals surface area contributed by atoms with Gasteiger partial charge in [-0.15, -0.1) is 0 Å². The van der Waals surface area contributed by atoms with Gasteiger partial charge in [-0.25, -0.2) is 0 Å². The summed E-state index contributed by atoms with van der Waals surface area (Å²) in [5.41, 5.74) is 5.20. The molecule has 4 rings (SSSR count). The van der Waals surface area contributed by atoms with Gasteiger partial charge in [0.15, 0.2) is 0 Å². The van der Waals surface area contributed by atoms with Gasteiger partial charge in [-0.05, 0) is 41.0 Å². The van der Waals surface area contributed by atoms with Gasteiger partial charge in [0.1, 0.15) is 5.92 Å². The Hall–Kier alpha value is -3.03. The van der Waals surface area contributed by atoms with Gasteiger partial charge in [0.2, 0.25) is 5.91 Å². The van der Waals surface area contributed by atoms with Crippen molar-refractivity contribution in [3.63, 3.8) is 0 Å². The molecule has 3 aromatic rings. The first kappa shape index (κ1) is 25.1. The fraction of sp³-hybridized carbons (Fsp3) is 0.286. The van der Waals surface area contributed by atoms with Crippen molar-refractivity contribution in [1.29, 1.82) is 0 Å². The highest BCUT2D eigenvalue weighted by atomic mass is 35.5. The minimum Gasteiger partial charge on any atom is -0.383 e. The van der Waals surface area contributed by atoms with Crippen LogP contribution in [0.3, 0.4) is 0 Å². The molecule has 1 atom stereocenters. The van der Waals surface area contributed by atoms with Crippen LogP contribution in [0.25, 0.3) is 0 Å². The molecule has 0 spiro atoms. The van der Waals surface area contributed by atoms with Crippen molar-refractivity contribution in [2.24, 2.45) is 4.99 Å². The maximum absolute atomic E-state index is 13.0. The molecule has 6 nitrogen and oxygen atoms in total. The van der Waals surface area contributed by atoms with E-state index in [9.17, 15) is 4.79 Å². The number of nitrogens with zero attached hydrogens (tertiary/aromatic N) is 2. The van der Waals surface area contributed by atoms with Gasteiger partial charge in [-0.2, -0.15) is 0 Å². The predicted molar refractivity (Wildman–Crippen MR) is 141 cm³/mol. The Morgan fingerprint density at radius 3 is 2.31 bits per heavy atom. The first-order chi connectivity index (χ1) is 17.1. The number of methoxy groups -OCH3 is 2. The Bertz CT molecular complexity index is 1160. The van der Waals surface area contributed by atoms with Crippen molar-refractivity contribution in [3.05, 3.63) is 94.5 Å². The molecule has 0 bridgehead atoms. The lowest BCUT2D eigenvalue weighted by molar-refractivity contribution is -0.115. The summed E-state index contributed by atoms with van der Waals surface area (Å²) in [4.78, 5) is 20.3. The second-order valence-corrected chi connectivity index (χ2v) is 8.88. The summed E-state index contributed by atoms with van der Waals surface area (Å²) in [6.45, 7) is 3.79. The molecule has 1 aliphatic heterocycles. The second-order valence-electron chi connectivity index (χ2n) is 8.45. The Morgan fingerprint density at radius 2 is 1.66 bits per heavy atom. The Labute approximate surface area is 211 Å². The van der Waals surface area contributed by atoms with E-state index >= 15 is 0 Å². The van der Waals surface area contributed by atoms with Gasteiger partial charge in [-0.3, -0.25) is 14.7 Å². The van der Waals surface area contributed by atoms with E-state index in [1.807, 2.05) is 54.6 Å². The van der Waals surface area contributed by atoms with Gasteiger partial charge >= 0.3 is 0 Å². The number of hydrogen-bond acceptors (Lipinski definition) is 5. The monoisotopic (exact) mass is 491 g/mol. The highest BCUT2D eigenvalue weighted by molar-refractivity contribution is 6.31. The molecule has 0 saturated heterocycles. The molecular weight excluding hydrogens is 462 g/mol. The number of anilines is 1. The number of hydrogen-bond donors (Lipinski definition) is 1. The minimum absolute atomic E-state index is 0.103. The van der Waals surface area contributed by atoms with Gasteiger partial charge in [0.25, 0.3) is 0 Å². The molecule has 1 N–H and O–H groups in total. The molecule has 1 heterocycles. The Balaban J connectivity index is 1.62. The Morgan fingerprint density at radius 1 is 0.971 bits per heavy atom. The number of nitrogens with one attached hydrogen (secondary N) is 1. The van der Waals surface area contributed by atoms with E-state index < -0.39 is 5.92 Å². The van der Waals surface area contributed by atoms with Crippen molar-refractivity contribution in [2.45, 2.75) is 12.5 Å². The molecule has 1 unspecified atom stereocenters. The maximum atomic E-state index is 13.0. The number of aliphatic imine (C=N–C) groups is 1. The van der Waals surface area contributed by atoms with Crippen molar-refractivity contribution in [1.82, 2.24) is 4.90 Å². The zero-order chi connectivity index (χ0) is 24.6. The van der Waals surface area contributed by atoms with E-state index in [0.29, 0.717) is 23.9 Å². The molecule has 0 aromatic heterocycles. The topological polar surface area (TPSA) is 63.2 Å². The number of carbonyl (C=O) groups is 1. The van der Waals surface area contributed by atoms with Crippen LogP contribution in [0.15, 0.2) is 77.8 Å². The zero-order valence-electron chi connectivity index (χ0n) is 20.0. The van der Waals surface area contributed by atoms with Gasteiger partial charge < -0.3 is 14.8 Å². The third kappa shape index (κ3) is 6.35. The number of carbonyl (C=O) groups excluding carboxylic acids is 1. The smallest absolute Gasteiger partial charge is 0.238 e. The van der Waals surface area contributed by atoms with Crippen LogP contribution >= 0.6 is 11.6 Å². The number of rotatable bonds is 11. The highest BCUT2D eigenvalue weighted by Crippen LogP contribution is 2.37. The molecule has 0 radical (unpaired) electrons. The highest BCUT2D eigenvalue weighted by Gasteiger charge is 2.35. The van der Waals surface area contributed by atoms with Gasteiger partial charge in [0, 0.05) is 44.6 Å². The van der Waals surface area contributed by atoms with Crippen molar-refractivity contribution in [3.8, 4) is 0 Å². The molecule has 1 amide bonds. The summed E-state index contributed by atoms with van der Waals surface area (Å²) >= 11 is 6.15. The lowest BCUT2D eigenvalue weighted by atomic mass is 9.90. The molecule has 0 aliphatic carbocycles. The van der Waals surface area contributed by atoms with E-state index in [1.54, 1.807) is 20.3 Å². The van der Waals surface area contributed by atoms with Gasteiger partial charge in [0.05, 0.1) is 24.6 Å². The molecular formula is C28H30ClN3O3. The summed E-state index contributed by atoms with van der Waals surface area (Å²) in [6, 6.07) is 23.5. The third-order valence-electron chi connectivity index (χ3n) is 6.00. The minimum atomic E-state index is -0.511. The van der Waals surface area contributed by atoms with Crippen molar-refractivity contribution in [2.75, 3.05) is 45.8 Å². The van der Waals surface area contributed by atoms with Crippen LogP contribution in [-0.4, -0.2) is 57.0 Å². The first-order valence-electron chi connectivity index (χ1n) is 11.6. The standard InChI is InChI=1S/C28H30ClN3O3/c1-34-16-14-32(15-17-35-2)19-20-8-11-23(12-9-20)30-27(21-6-4-3-5-7-21)26-24-13-10-22(29)18-25(24)31-28(26)33/h3-13,18,26H,14-17,19H2,1-2H3,(H,31,33). The number of ether oxygens (including phenoxy) is 2. The number of fused-ring (bicyclic) bond motifs is 1. The van der Waals surface area contributed by atoms with E-state index in [0.717, 1.165) is 42.1 Å². The molecule has 0 fully saturated rings. The lowest BCUT2D eigenvalue weighted by Crippen LogP contribution is -2.30. The number of halogens is 1. The van der Waals surface area contributed by atoms with Crippen molar-refractivity contribution >= 4 is 34.6 Å². The normalized spacial score (nSPS) is 15.4. The summed E-state index contributed by atoms with van der Waals surface area (Å²) < 4.78 is 10.5. The molecule has 3 aromatic carbocycles. The SMILES string of the molecule is COCCN(CCOC)Cc1ccc(N=C(c2ccccc2)C2C(=O)Nc3cc(Cl)ccc32)cc1. The van der Waals surface area contributed by atoms with E-state index in [1.165, 1.54) is 5.56 Å². The maximum Gasteiger partial charge on any atom is 0.238 e. The number of amides is 1. The summed E-state index contributed by atoms with van der Waals surface area (Å²) in [5.74, 6) is -0.614. The first-order valence-corrected chi connectivity index (χ1v) is 12.0. The van der Waals surface area contributed by atoms with Crippen LogP contribution < -0.4 is 5.32 Å². The van der Waals surface area contributed by atoms with Crippen LogP contribution in [-0.2, 0) is 20.8 Å². The van der Waals surface area contributed by atoms with Crippen LogP contribution in [0.1, 0.15) is 22.6 Å². The molecule has 182 valence electrons. The van der Waals surface area contributed by atoms with E-state index in [2.05, 4.69) is 22.3 Å². The number of benzene rings is 3. The fourth-order valence-electron chi connectivity index (χ4n) is 4.19. The average Bonchev–Trinajstić information content (AvgIpc) is 3.20. The van der Waals surface area contributed by atoms with Crippen molar-refractivity contribution < 1.29 is 14.3 Å². The lowest BCUT2D eigenvalue weighted by Gasteiger charge is -2.21. The molecule has 7 heteroatoms. The summed E-state index contributed by atoms with van der Waals surface area (Å²) in [5, 5.41) is 3.54. The third-order valence-corrected chi connectivity index (χ3v) is 6.24. The Kier molecular flexibility index (Phi) is 8.66. The fourth-order valence-corrected chi connectivity index (χ4v) is 4.37. The van der Waals surface area contributed by atoms with Crippen LogP contribution in [0.2, 0.25) is 5.02 Å². The average molecular weight is 492 g/mol. The zero-order valence-corrected chi connectivity index (χ0v) is 20.8. The van der Waals surface area contributed by atoms with Crippen LogP contribution in [0.5, 0.6) is 0 Å². The largest absolute Gasteiger partial charge is 0.383 e. The van der Waals surface area contributed by atoms with Crippen LogP contribution in [0.4, 0.5) is 11.4 Å². The van der Waals surface area contributed by atoms with E-state index in [4.69, 9.17) is 26.1 Å². The molecule has 0 saturated carbocycles. The predicted octanol–water partition coefficient (Wildman–Crippen LogP) is 5.29.